The van der Waals surface area contributed by atoms with Gasteiger partial charge < -0.3 is 0 Å². The molecule has 0 unspecified atom stereocenters. The van der Waals surface area contributed by atoms with E-state index in [9.17, 15) is 8.42 Å². The first-order chi connectivity index (χ1) is 7.59. The van der Waals surface area contributed by atoms with Gasteiger partial charge in [-0.1, -0.05) is 24.3 Å². The zero-order chi connectivity index (χ0) is 11.3. The summed E-state index contributed by atoms with van der Waals surface area (Å²) in [6, 6.07) is 11.5. The van der Waals surface area contributed by atoms with Crippen LogP contribution < -0.4 is 0 Å². The first-order valence-corrected chi connectivity index (χ1v) is 6.53. The Balaban J connectivity index is 2.45. The van der Waals surface area contributed by atoms with Crippen molar-refractivity contribution in [2.45, 2.75) is 11.8 Å². The highest BCUT2D eigenvalue weighted by molar-refractivity contribution is 7.95. The van der Waals surface area contributed by atoms with Gasteiger partial charge in [-0.3, -0.25) is 0 Å². The molecule has 3 heteroatoms. The molecule has 2 aromatic rings. The van der Waals surface area contributed by atoms with Gasteiger partial charge in [-0.25, -0.2) is 8.42 Å². The minimum absolute atomic E-state index is 0.429. The van der Waals surface area contributed by atoms with E-state index in [1.165, 1.54) is 0 Å². The Bertz CT molecular complexity index is 725. The quantitative estimate of drug-likeness (QED) is 0.697. The van der Waals surface area contributed by atoms with Crippen LogP contribution in [0.2, 0.25) is 0 Å². The maximum absolute atomic E-state index is 12.0. The van der Waals surface area contributed by atoms with E-state index >= 15 is 0 Å². The van der Waals surface area contributed by atoms with Crippen molar-refractivity contribution in [3.05, 3.63) is 46.9 Å². The zero-order valence-corrected chi connectivity index (χ0v) is 9.58. The summed E-state index contributed by atoms with van der Waals surface area (Å²) in [6.07, 6.45) is 1.73. The van der Waals surface area contributed by atoms with E-state index in [0.717, 1.165) is 16.3 Å². The van der Waals surface area contributed by atoms with E-state index in [4.69, 9.17) is 0 Å². The van der Waals surface area contributed by atoms with Crippen LogP contribution in [0.3, 0.4) is 0 Å². The largest absolute Gasteiger partial charge is 0.219 e. The topological polar surface area (TPSA) is 34.1 Å². The molecule has 0 saturated heterocycles. The van der Waals surface area contributed by atoms with Crippen LogP contribution in [0.15, 0.2) is 46.2 Å². The Morgan fingerprint density at radius 1 is 1.00 bits per heavy atom. The van der Waals surface area contributed by atoms with Gasteiger partial charge in [-0.15, -0.1) is 0 Å². The predicted octanol–water partition coefficient (Wildman–Crippen LogP) is 2.99. The lowest BCUT2D eigenvalue weighted by atomic mass is 10.1. The van der Waals surface area contributed by atoms with Gasteiger partial charge in [0.15, 0.2) is 0 Å². The second-order valence-corrected chi connectivity index (χ2v) is 6.09. The van der Waals surface area contributed by atoms with Crippen LogP contribution >= 0.6 is 0 Å². The highest BCUT2D eigenvalue weighted by Crippen LogP contribution is 2.35. The number of benzene rings is 2. The summed E-state index contributed by atoms with van der Waals surface area (Å²) in [5.74, 6) is 0. The molecule has 0 bridgehead atoms. The maximum atomic E-state index is 12.0. The highest BCUT2D eigenvalue weighted by atomic mass is 32.2. The van der Waals surface area contributed by atoms with Gasteiger partial charge in [0.1, 0.15) is 0 Å². The summed E-state index contributed by atoms with van der Waals surface area (Å²) in [7, 11) is -3.21. The normalized spacial score (nSPS) is 17.2. The first kappa shape index (κ1) is 9.60. The van der Waals surface area contributed by atoms with Gasteiger partial charge in [-0.05, 0) is 41.5 Å². The molecule has 2 nitrogen and oxygen atoms in total. The van der Waals surface area contributed by atoms with Crippen LogP contribution in [0, 0.1) is 0 Å². The molecule has 16 heavy (non-hydrogen) atoms. The summed E-state index contributed by atoms with van der Waals surface area (Å²) in [4.78, 5) is 0.863. The van der Waals surface area contributed by atoms with Crippen molar-refractivity contribution in [2.75, 3.05) is 0 Å². The van der Waals surface area contributed by atoms with Crippen LogP contribution in [0.4, 0.5) is 0 Å². The van der Waals surface area contributed by atoms with Crippen molar-refractivity contribution in [1.82, 2.24) is 0 Å². The fourth-order valence-electron chi connectivity index (χ4n) is 2.05. The number of fused-ring (bicyclic) bond motifs is 2. The molecule has 0 spiro atoms. The van der Waals surface area contributed by atoms with Crippen LogP contribution in [-0.4, -0.2) is 8.42 Å². The molecule has 1 aliphatic heterocycles. The van der Waals surface area contributed by atoms with E-state index in [1.807, 2.05) is 30.3 Å². The number of sulfone groups is 1. The molecule has 0 atom stereocenters. The van der Waals surface area contributed by atoms with Crippen molar-refractivity contribution in [1.29, 1.82) is 0 Å². The van der Waals surface area contributed by atoms with Gasteiger partial charge >= 0.3 is 0 Å². The van der Waals surface area contributed by atoms with E-state index in [2.05, 4.69) is 0 Å². The van der Waals surface area contributed by atoms with E-state index in [-0.39, 0.29) is 0 Å². The SMILES string of the molecule is CC1=Cc2cc3ccccc3cc2S1(=O)=O. The Hall–Kier alpha value is -1.61. The molecule has 1 heterocycles. The van der Waals surface area contributed by atoms with Crippen LogP contribution in [0.5, 0.6) is 0 Å². The number of hydrogen-bond donors (Lipinski definition) is 0. The summed E-state index contributed by atoms with van der Waals surface area (Å²) >= 11 is 0. The van der Waals surface area contributed by atoms with Gasteiger partial charge in [0.05, 0.1) is 4.90 Å². The van der Waals surface area contributed by atoms with Crippen molar-refractivity contribution in [3.8, 4) is 0 Å². The molecule has 0 saturated carbocycles. The zero-order valence-electron chi connectivity index (χ0n) is 8.77. The molecule has 0 radical (unpaired) electrons. The number of hydrogen-bond acceptors (Lipinski definition) is 2. The molecule has 0 aliphatic carbocycles. The van der Waals surface area contributed by atoms with Gasteiger partial charge in [0.2, 0.25) is 9.84 Å². The number of allylic oxidation sites excluding steroid dienone is 1. The second-order valence-electron chi connectivity index (χ2n) is 4.00. The molecule has 80 valence electrons. The molecule has 2 aromatic carbocycles. The maximum Gasteiger partial charge on any atom is 0.203 e. The molecular weight excluding hydrogens is 220 g/mol. The molecule has 1 aliphatic rings. The molecule has 0 aromatic heterocycles. The summed E-state index contributed by atoms with van der Waals surface area (Å²) in [5, 5.41) is 2.04. The average molecular weight is 230 g/mol. The lowest BCUT2D eigenvalue weighted by Crippen LogP contribution is -1.97. The number of rotatable bonds is 0. The van der Waals surface area contributed by atoms with E-state index in [0.29, 0.717) is 9.80 Å². The van der Waals surface area contributed by atoms with Gasteiger partial charge in [0.25, 0.3) is 0 Å². The van der Waals surface area contributed by atoms with Crippen molar-refractivity contribution >= 4 is 26.7 Å². The van der Waals surface area contributed by atoms with Gasteiger partial charge in [-0.2, -0.15) is 0 Å². The van der Waals surface area contributed by atoms with Crippen LogP contribution in [-0.2, 0) is 9.84 Å². The third-order valence-electron chi connectivity index (χ3n) is 2.95. The first-order valence-electron chi connectivity index (χ1n) is 5.05. The fourth-order valence-corrected chi connectivity index (χ4v) is 3.39. The minimum Gasteiger partial charge on any atom is -0.219 e. The highest BCUT2D eigenvalue weighted by Gasteiger charge is 2.26. The van der Waals surface area contributed by atoms with Crippen molar-refractivity contribution in [3.63, 3.8) is 0 Å². The fraction of sp³-hybridized carbons (Fsp3) is 0.0769. The smallest absolute Gasteiger partial charge is 0.203 e. The van der Waals surface area contributed by atoms with Crippen molar-refractivity contribution in [2.24, 2.45) is 0 Å². The third-order valence-corrected chi connectivity index (χ3v) is 4.85. The Kier molecular flexibility index (Phi) is 1.77. The summed E-state index contributed by atoms with van der Waals surface area (Å²) in [5.41, 5.74) is 0.802. The third kappa shape index (κ3) is 1.15. The Morgan fingerprint density at radius 2 is 1.62 bits per heavy atom. The van der Waals surface area contributed by atoms with Gasteiger partial charge in [0, 0.05) is 4.91 Å². The molecule has 3 rings (SSSR count). The lowest BCUT2D eigenvalue weighted by molar-refractivity contribution is 0.603. The van der Waals surface area contributed by atoms with E-state index in [1.54, 1.807) is 19.1 Å². The summed E-state index contributed by atoms with van der Waals surface area (Å²) < 4.78 is 23.9. The standard InChI is InChI=1S/C13H10O2S/c1-9-6-12-7-10-4-2-3-5-11(10)8-13(12)16(9,14)15/h2-8H,1H3. The van der Waals surface area contributed by atoms with Crippen LogP contribution in [0.25, 0.3) is 16.8 Å². The Morgan fingerprint density at radius 3 is 2.31 bits per heavy atom. The molecule has 0 N–H and O–H groups in total. The molecule has 0 fully saturated rings. The van der Waals surface area contributed by atoms with Crippen molar-refractivity contribution < 1.29 is 8.42 Å². The predicted molar refractivity (Wildman–Crippen MR) is 64.8 cm³/mol. The molecular formula is C13H10O2S. The lowest BCUT2D eigenvalue weighted by Gasteiger charge is -2.02. The van der Waals surface area contributed by atoms with E-state index < -0.39 is 9.84 Å². The van der Waals surface area contributed by atoms with Crippen LogP contribution in [0.1, 0.15) is 12.5 Å². The second kappa shape index (κ2) is 2.95. The average Bonchev–Trinajstić information content (AvgIpc) is 2.48. The minimum atomic E-state index is -3.21. The Labute approximate surface area is 94.1 Å². The summed E-state index contributed by atoms with van der Waals surface area (Å²) in [6.45, 7) is 1.64. The monoisotopic (exact) mass is 230 g/mol. The molecule has 0 amide bonds.